The Morgan fingerprint density at radius 2 is 2.18 bits per heavy atom. The molecular weight excluding hydrogens is 216 g/mol. The average Bonchev–Trinajstić information content (AvgIpc) is 2.87. The van der Waals surface area contributed by atoms with E-state index in [-0.39, 0.29) is 6.61 Å². The maximum Gasteiger partial charge on any atom is 0.333 e. The van der Waals surface area contributed by atoms with E-state index >= 15 is 0 Å². The van der Waals surface area contributed by atoms with Gasteiger partial charge in [-0.2, -0.15) is 0 Å². The molecule has 0 aliphatic heterocycles. The minimum absolute atomic E-state index is 0.0899. The van der Waals surface area contributed by atoms with Crippen LogP contribution in [0.15, 0.2) is 12.2 Å². The smallest absolute Gasteiger partial charge is 0.333 e. The Labute approximate surface area is 103 Å². The van der Waals surface area contributed by atoms with Crippen molar-refractivity contribution in [3.05, 3.63) is 12.2 Å². The molecule has 0 aromatic rings. The fourth-order valence-electron chi connectivity index (χ4n) is 3.45. The molecule has 17 heavy (non-hydrogen) atoms. The van der Waals surface area contributed by atoms with Gasteiger partial charge in [0.15, 0.2) is 0 Å². The van der Waals surface area contributed by atoms with Crippen molar-refractivity contribution in [2.45, 2.75) is 45.1 Å². The molecule has 4 unspecified atom stereocenters. The quantitative estimate of drug-likeness (QED) is 0.604. The molecule has 2 fully saturated rings. The summed E-state index contributed by atoms with van der Waals surface area (Å²) in [5.41, 5.74) is -0.501. The van der Waals surface area contributed by atoms with E-state index in [1.165, 1.54) is 19.3 Å². The highest BCUT2D eigenvalue weighted by Gasteiger charge is 2.48. The molecule has 0 aromatic carbocycles. The lowest BCUT2D eigenvalue weighted by Gasteiger charge is -2.35. The summed E-state index contributed by atoms with van der Waals surface area (Å²) >= 11 is 0. The number of carbonyl (C=O) groups excluding carboxylic acids is 1. The lowest BCUT2D eigenvalue weighted by Crippen LogP contribution is -2.42. The van der Waals surface area contributed by atoms with Crippen molar-refractivity contribution in [3.8, 4) is 0 Å². The van der Waals surface area contributed by atoms with Crippen molar-refractivity contribution in [1.82, 2.24) is 0 Å². The number of hydrogen-bond acceptors (Lipinski definition) is 3. The van der Waals surface area contributed by atoms with Crippen molar-refractivity contribution in [2.75, 3.05) is 6.61 Å². The first-order chi connectivity index (χ1) is 7.90. The van der Waals surface area contributed by atoms with Crippen molar-refractivity contribution in [1.29, 1.82) is 0 Å². The largest absolute Gasteiger partial charge is 0.459 e. The molecule has 0 saturated heterocycles. The van der Waals surface area contributed by atoms with Crippen molar-refractivity contribution >= 4 is 5.97 Å². The molecule has 2 bridgehead atoms. The predicted octanol–water partition coefficient (Wildman–Crippen LogP) is 2.29. The zero-order valence-electron chi connectivity index (χ0n) is 10.7. The van der Waals surface area contributed by atoms with Crippen LogP contribution in [-0.2, 0) is 9.53 Å². The molecule has 0 heterocycles. The van der Waals surface area contributed by atoms with Crippen LogP contribution in [0.4, 0.5) is 0 Å². The molecule has 0 spiro atoms. The molecule has 2 aliphatic carbocycles. The first-order valence-corrected chi connectivity index (χ1v) is 6.45. The van der Waals surface area contributed by atoms with E-state index in [4.69, 9.17) is 4.74 Å². The maximum atomic E-state index is 11.3. The summed E-state index contributed by atoms with van der Waals surface area (Å²) in [5.74, 6) is 1.29. The Balaban J connectivity index is 1.90. The predicted molar refractivity (Wildman–Crippen MR) is 65.3 cm³/mol. The van der Waals surface area contributed by atoms with E-state index in [0.29, 0.717) is 17.4 Å². The monoisotopic (exact) mass is 238 g/mol. The minimum atomic E-state index is -0.884. The Hall–Kier alpha value is -0.830. The van der Waals surface area contributed by atoms with E-state index in [0.717, 1.165) is 12.3 Å². The summed E-state index contributed by atoms with van der Waals surface area (Å²) in [6, 6.07) is 0. The Bertz CT molecular complexity index is 332. The SMILES string of the molecule is C=C(C)C(=O)OCC(C)(O)C1CC2CCC1C2. The molecule has 2 aliphatic rings. The van der Waals surface area contributed by atoms with Gasteiger partial charge in [0.05, 0.1) is 5.60 Å². The van der Waals surface area contributed by atoms with Crippen LogP contribution >= 0.6 is 0 Å². The second kappa shape index (κ2) is 4.45. The fraction of sp³-hybridized carbons (Fsp3) is 0.786. The average molecular weight is 238 g/mol. The highest BCUT2D eigenvalue weighted by atomic mass is 16.5. The number of esters is 1. The minimum Gasteiger partial charge on any atom is -0.459 e. The molecule has 2 saturated carbocycles. The second-order valence-electron chi connectivity index (χ2n) is 5.99. The van der Waals surface area contributed by atoms with E-state index < -0.39 is 11.6 Å². The third-order valence-electron chi connectivity index (χ3n) is 4.38. The number of ether oxygens (including phenoxy) is 1. The molecule has 3 nitrogen and oxygen atoms in total. The summed E-state index contributed by atoms with van der Waals surface area (Å²) in [6.07, 6.45) is 4.86. The fourth-order valence-corrected chi connectivity index (χ4v) is 3.45. The van der Waals surface area contributed by atoms with Crippen LogP contribution in [-0.4, -0.2) is 23.3 Å². The zero-order chi connectivity index (χ0) is 12.6. The van der Waals surface area contributed by atoms with Crippen LogP contribution in [0.2, 0.25) is 0 Å². The van der Waals surface area contributed by atoms with Crippen molar-refractivity contribution < 1.29 is 14.6 Å². The number of aliphatic hydroxyl groups is 1. The van der Waals surface area contributed by atoms with Gasteiger partial charge in [0.25, 0.3) is 0 Å². The standard InChI is InChI=1S/C14H22O3/c1-9(2)13(15)17-8-14(3,16)12-7-10-4-5-11(12)6-10/h10-12,16H,1,4-8H2,2-3H3. The van der Waals surface area contributed by atoms with Gasteiger partial charge in [-0.15, -0.1) is 0 Å². The van der Waals surface area contributed by atoms with E-state index in [9.17, 15) is 9.90 Å². The summed E-state index contributed by atoms with van der Waals surface area (Å²) in [7, 11) is 0. The number of hydrogen-bond donors (Lipinski definition) is 1. The third kappa shape index (κ3) is 2.54. The van der Waals surface area contributed by atoms with Crippen LogP contribution in [0.5, 0.6) is 0 Å². The zero-order valence-corrected chi connectivity index (χ0v) is 10.7. The summed E-state index contributed by atoms with van der Waals surface area (Å²) in [4.78, 5) is 11.3. The number of rotatable bonds is 4. The van der Waals surface area contributed by atoms with Gasteiger partial charge in [0.1, 0.15) is 6.61 Å². The Kier molecular flexibility index (Phi) is 3.30. The van der Waals surface area contributed by atoms with Gasteiger partial charge in [-0.1, -0.05) is 13.0 Å². The molecule has 3 heteroatoms. The molecule has 4 atom stereocenters. The molecule has 0 amide bonds. The molecule has 0 radical (unpaired) electrons. The van der Waals surface area contributed by atoms with Crippen LogP contribution in [0.3, 0.4) is 0 Å². The van der Waals surface area contributed by atoms with Crippen LogP contribution in [0.1, 0.15) is 39.5 Å². The van der Waals surface area contributed by atoms with Gasteiger partial charge >= 0.3 is 5.97 Å². The maximum absolute atomic E-state index is 11.3. The van der Waals surface area contributed by atoms with Gasteiger partial charge in [-0.05, 0) is 50.9 Å². The normalized spacial score (nSPS) is 34.4. The van der Waals surface area contributed by atoms with Crippen LogP contribution in [0, 0.1) is 17.8 Å². The molecule has 2 rings (SSSR count). The molecule has 1 N–H and O–H groups in total. The van der Waals surface area contributed by atoms with Gasteiger partial charge < -0.3 is 9.84 Å². The van der Waals surface area contributed by atoms with Crippen molar-refractivity contribution in [2.24, 2.45) is 17.8 Å². The van der Waals surface area contributed by atoms with Crippen LogP contribution in [0.25, 0.3) is 0 Å². The molecule has 0 aromatic heterocycles. The molecule has 96 valence electrons. The lowest BCUT2D eigenvalue weighted by molar-refractivity contribution is -0.150. The number of fused-ring (bicyclic) bond motifs is 2. The highest BCUT2D eigenvalue weighted by molar-refractivity contribution is 5.86. The topological polar surface area (TPSA) is 46.5 Å². The highest BCUT2D eigenvalue weighted by Crippen LogP contribution is 2.52. The third-order valence-corrected chi connectivity index (χ3v) is 4.38. The van der Waals surface area contributed by atoms with E-state index in [1.807, 2.05) is 0 Å². The van der Waals surface area contributed by atoms with Gasteiger partial charge in [0, 0.05) is 5.57 Å². The summed E-state index contributed by atoms with van der Waals surface area (Å²) in [6.45, 7) is 7.04. The van der Waals surface area contributed by atoms with Gasteiger partial charge in [-0.25, -0.2) is 4.79 Å². The van der Waals surface area contributed by atoms with Crippen molar-refractivity contribution in [3.63, 3.8) is 0 Å². The first kappa shape index (κ1) is 12.6. The second-order valence-corrected chi connectivity index (χ2v) is 5.99. The van der Waals surface area contributed by atoms with Gasteiger partial charge in [0.2, 0.25) is 0 Å². The van der Waals surface area contributed by atoms with Gasteiger partial charge in [-0.3, -0.25) is 0 Å². The van der Waals surface area contributed by atoms with E-state index in [1.54, 1.807) is 13.8 Å². The Morgan fingerprint density at radius 1 is 1.47 bits per heavy atom. The lowest BCUT2D eigenvalue weighted by atomic mass is 9.77. The van der Waals surface area contributed by atoms with Crippen LogP contribution < -0.4 is 0 Å². The summed E-state index contributed by atoms with van der Waals surface area (Å²) in [5, 5.41) is 10.5. The first-order valence-electron chi connectivity index (χ1n) is 6.45. The number of carbonyl (C=O) groups is 1. The molecular formula is C14H22O3. The Morgan fingerprint density at radius 3 is 2.65 bits per heavy atom. The van der Waals surface area contributed by atoms with E-state index in [2.05, 4.69) is 6.58 Å². The summed E-state index contributed by atoms with van der Waals surface area (Å²) < 4.78 is 5.10.